The second-order valence-electron chi connectivity index (χ2n) is 8.82. The summed E-state index contributed by atoms with van der Waals surface area (Å²) < 4.78 is 4.31. The molecular weight excluding hydrogens is 394 g/mol. The Morgan fingerprint density at radius 2 is 1.77 bits per heavy atom. The van der Waals surface area contributed by atoms with Gasteiger partial charge in [-0.1, -0.05) is 20.8 Å². The number of carbonyl (C=O) groups is 1. The van der Waals surface area contributed by atoms with E-state index in [-0.39, 0.29) is 11.3 Å². The Hall–Kier alpha value is -2.51. The molecule has 3 aromatic rings. The van der Waals surface area contributed by atoms with Crippen LogP contribution in [0, 0.1) is 0 Å². The number of nitrogens with zero attached hydrogens (tertiary/aromatic N) is 4. The van der Waals surface area contributed by atoms with E-state index in [1.54, 1.807) is 11.9 Å². The zero-order chi connectivity index (χ0) is 22.1. The molecule has 0 fully saturated rings. The van der Waals surface area contributed by atoms with Crippen molar-refractivity contribution in [2.24, 2.45) is 7.05 Å². The predicted molar refractivity (Wildman–Crippen MR) is 127 cm³/mol. The number of likely N-dealkylation sites (N-methyl/N-ethyl adjacent to an activating group) is 1. The van der Waals surface area contributed by atoms with Crippen molar-refractivity contribution in [3.05, 3.63) is 48.3 Å². The first-order valence-electron chi connectivity index (χ1n) is 9.98. The van der Waals surface area contributed by atoms with Crippen molar-refractivity contribution in [3.63, 3.8) is 0 Å². The number of imidazole rings is 1. The van der Waals surface area contributed by atoms with E-state index in [4.69, 9.17) is 4.98 Å². The molecule has 1 heterocycles. The van der Waals surface area contributed by atoms with E-state index in [0.29, 0.717) is 6.54 Å². The van der Waals surface area contributed by atoms with Crippen LogP contribution in [0.15, 0.2) is 47.4 Å². The van der Waals surface area contributed by atoms with E-state index in [2.05, 4.69) is 60.2 Å². The van der Waals surface area contributed by atoms with Gasteiger partial charge in [0, 0.05) is 35.8 Å². The molecule has 0 spiro atoms. The summed E-state index contributed by atoms with van der Waals surface area (Å²) in [6.07, 6.45) is 0. The molecule has 0 saturated heterocycles. The second-order valence-corrected chi connectivity index (χ2v) is 10.0. The molecule has 1 N–H and O–H groups in total. The lowest BCUT2D eigenvalue weighted by Gasteiger charge is -2.18. The predicted octanol–water partition coefficient (Wildman–Crippen LogP) is 4.51. The topological polar surface area (TPSA) is 53.4 Å². The quantitative estimate of drug-likeness (QED) is 0.589. The number of aromatic nitrogens is 2. The highest BCUT2D eigenvalue weighted by Gasteiger charge is 2.21. The minimum absolute atomic E-state index is 0.00169. The molecule has 2 aromatic carbocycles. The van der Waals surface area contributed by atoms with Gasteiger partial charge < -0.3 is 19.1 Å². The molecule has 7 heteroatoms. The number of aryl methyl sites for hydroxylation is 1. The number of hydrogen-bond donors (Lipinski definition) is 1. The van der Waals surface area contributed by atoms with Crippen LogP contribution in [0.4, 0.5) is 11.4 Å². The molecule has 0 radical (unpaired) electrons. The Bertz CT molecular complexity index is 1030. The van der Waals surface area contributed by atoms with Crippen molar-refractivity contribution in [1.82, 2.24) is 14.5 Å². The van der Waals surface area contributed by atoms with Crippen LogP contribution in [0.3, 0.4) is 0 Å². The number of rotatable bonds is 6. The third-order valence-corrected chi connectivity index (χ3v) is 5.71. The number of nitrogens with one attached hydrogen (secondary N) is 1. The maximum Gasteiger partial charge on any atom is 0.238 e. The van der Waals surface area contributed by atoms with Gasteiger partial charge in [0.1, 0.15) is 5.82 Å². The van der Waals surface area contributed by atoms with Gasteiger partial charge in [-0.3, -0.25) is 4.79 Å². The monoisotopic (exact) mass is 425 g/mol. The first-order chi connectivity index (χ1) is 14.0. The average molecular weight is 426 g/mol. The van der Waals surface area contributed by atoms with E-state index in [9.17, 15) is 4.79 Å². The third-order valence-electron chi connectivity index (χ3n) is 4.74. The Morgan fingerprint density at radius 3 is 2.37 bits per heavy atom. The van der Waals surface area contributed by atoms with E-state index in [0.717, 1.165) is 33.1 Å². The second kappa shape index (κ2) is 8.70. The summed E-state index contributed by atoms with van der Waals surface area (Å²) >= 11 is 1.64. The Morgan fingerprint density at radius 1 is 1.10 bits per heavy atom. The summed E-state index contributed by atoms with van der Waals surface area (Å²) in [5.74, 6) is 1.06. The lowest BCUT2D eigenvalue weighted by molar-refractivity contribution is -0.116. The molecule has 1 amide bonds. The van der Waals surface area contributed by atoms with Crippen LogP contribution in [0.2, 0.25) is 0 Å². The minimum atomic E-state index is -0.0178. The first-order valence-corrected chi connectivity index (χ1v) is 10.8. The summed E-state index contributed by atoms with van der Waals surface area (Å²) in [6.45, 7) is 6.92. The van der Waals surface area contributed by atoms with Gasteiger partial charge in [0.2, 0.25) is 5.91 Å². The summed E-state index contributed by atoms with van der Waals surface area (Å²) in [6, 6.07) is 14.3. The average Bonchev–Trinajstić information content (AvgIpc) is 2.99. The number of benzene rings is 2. The van der Waals surface area contributed by atoms with E-state index < -0.39 is 0 Å². The molecule has 0 bridgehead atoms. The fourth-order valence-corrected chi connectivity index (χ4v) is 4.15. The molecule has 0 aliphatic carbocycles. The van der Waals surface area contributed by atoms with Crippen molar-refractivity contribution in [3.8, 4) is 0 Å². The highest BCUT2D eigenvalue weighted by molar-refractivity contribution is 8.00. The van der Waals surface area contributed by atoms with Gasteiger partial charge in [-0.15, -0.1) is 0 Å². The van der Waals surface area contributed by atoms with Gasteiger partial charge in [-0.2, -0.15) is 0 Å². The summed E-state index contributed by atoms with van der Waals surface area (Å²) in [4.78, 5) is 19.7. The van der Waals surface area contributed by atoms with Gasteiger partial charge in [-0.05, 0) is 68.5 Å². The SMILES string of the molecule is CN(C)CC(=O)Nc1ccc(SN(C)c2ccc3c(c2)nc(C(C)(C)C)n3C)cc1. The largest absolute Gasteiger partial charge is 0.331 e. The molecule has 0 unspecified atom stereocenters. The normalized spacial score (nSPS) is 11.9. The molecular formula is C23H31N5OS. The maximum absolute atomic E-state index is 11.9. The first kappa shape index (κ1) is 22.2. The number of amides is 1. The molecule has 160 valence electrons. The summed E-state index contributed by atoms with van der Waals surface area (Å²) in [5.41, 5.74) is 4.04. The van der Waals surface area contributed by atoms with Crippen molar-refractivity contribution in [1.29, 1.82) is 0 Å². The van der Waals surface area contributed by atoms with Gasteiger partial charge >= 0.3 is 0 Å². The molecule has 6 nitrogen and oxygen atoms in total. The molecule has 1 aromatic heterocycles. The van der Waals surface area contributed by atoms with E-state index in [1.807, 2.05) is 50.3 Å². The minimum Gasteiger partial charge on any atom is -0.331 e. The maximum atomic E-state index is 11.9. The van der Waals surface area contributed by atoms with Gasteiger partial charge in [0.25, 0.3) is 0 Å². The third kappa shape index (κ3) is 5.15. The molecule has 0 aliphatic rings. The van der Waals surface area contributed by atoms with Crippen LogP contribution in [0.1, 0.15) is 26.6 Å². The van der Waals surface area contributed by atoms with Gasteiger partial charge in [-0.25, -0.2) is 4.98 Å². The highest BCUT2D eigenvalue weighted by Crippen LogP contribution is 2.32. The van der Waals surface area contributed by atoms with Crippen LogP contribution in [-0.2, 0) is 17.3 Å². The van der Waals surface area contributed by atoms with Crippen LogP contribution in [0.5, 0.6) is 0 Å². The van der Waals surface area contributed by atoms with Crippen LogP contribution < -0.4 is 9.62 Å². The van der Waals surface area contributed by atoms with Crippen LogP contribution in [0.25, 0.3) is 11.0 Å². The van der Waals surface area contributed by atoms with Crippen LogP contribution >= 0.6 is 11.9 Å². The van der Waals surface area contributed by atoms with E-state index >= 15 is 0 Å². The summed E-state index contributed by atoms with van der Waals surface area (Å²) in [7, 11) is 7.88. The smallest absolute Gasteiger partial charge is 0.238 e. The molecule has 0 atom stereocenters. The number of hydrogen-bond acceptors (Lipinski definition) is 5. The van der Waals surface area contributed by atoms with Crippen molar-refractivity contribution < 1.29 is 4.79 Å². The van der Waals surface area contributed by atoms with Crippen LogP contribution in [-0.4, -0.2) is 48.0 Å². The standard InChI is InChI=1S/C23H31N5OS/c1-23(2,3)22-25-19-14-17(10-13-20(19)27(22)6)28(7)30-18-11-8-16(9-12-18)24-21(29)15-26(4)5/h8-14H,15H2,1-7H3,(H,24,29). The zero-order valence-corrected chi connectivity index (χ0v) is 19.7. The molecule has 0 aliphatic heterocycles. The fraction of sp³-hybridized carbons (Fsp3) is 0.391. The Balaban J connectivity index is 1.72. The lowest BCUT2D eigenvalue weighted by Crippen LogP contribution is -2.27. The highest BCUT2D eigenvalue weighted by atomic mass is 32.2. The van der Waals surface area contributed by atoms with Crippen molar-refractivity contribution in [2.75, 3.05) is 37.3 Å². The summed E-state index contributed by atoms with van der Waals surface area (Å²) in [5, 5.41) is 2.91. The molecule has 30 heavy (non-hydrogen) atoms. The number of anilines is 2. The van der Waals surface area contributed by atoms with Crippen molar-refractivity contribution >= 4 is 40.3 Å². The number of fused-ring (bicyclic) bond motifs is 1. The lowest BCUT2D eigenvalue weighted by atomic mass is 9.96. The fourth-order valence-electron chi connectivity index (χ4n) is 3.35. The Labute approximate surface area is 183 Å². The number of carbonyl (C=O) groups excluding carboxylic acids is 1. The zero-order valence-electron chi connectivity index (χ0n) is 18.9. The van der Waals surface area contributed by atoms with Gasteiger partial charge in [0.05, 0.1) is 17.6 Å². The molecule has 0 saturated carbocycles. The van der Waals surface area contributed by atoms with Crippen molar-refractivity contribution in [2.45, 2.75) is 31.1 Å². The molecule has 3 rings (SSSR count). The van der Waals surface area contributed by atoms with Gasteiger partial charge in [0.15, 0.2) is 0 Å². The Kier molecular flexibility index (Phi) is 6.43. The van der Waals surface area contributed by atoms with E-state index in [1.165, 1.54) is 0 Å².